The van der Waals surface area contributed by atoms with Gasteiger partial charge >= 0.3 is 6.18 Å². The predicted octanol–water partition coefficient (Wildman–Crippen LogP) is 5.55. The highest BCUT2D eigenvalue weighted by Crippen LogP contribution is 2.34. The van der Waals surface area contributed by atoms with Gasteiger partial charge in [0, 0.05) is 16.0 Å². The van der Waals surface area contributed by atoms with Crippen LogP contribution < -0.4 is 5.32 Å². The summed E-state index contributed by atoms with van der Waals surface area (Å²) < 4.78 is 52.0. The molecule has 0 unspecified atom stereocenters. The average molecular weight is 393 g/mol. The van der Waals surface area contributed by atoms with E-state index in [-0.39, 0.29) is 16.1 Å². The molecule has 3 nitrogen and oxygen atoms in total. The molecule has 1 amide bonds. The van der Waals surface area contributed by atoms with Gasteiger partial charge in [0.1, 0.15) is 5.82 Å². The molecule has 0 aliphatic carbocycles. The van der Waals surface area contributed by atoms with Gasteiger partial charge in [0.05, 0.1) is 10.6 Å². The maximum absolute atomic E-state index is 13.6. The minimum atomic E-state index is -5.00. The third kappa shape index (κ3) is 4.06. The second-order valence-electron chi connectivity index (χ2n) is 5.47. The minimum Gasteiger partial charge on any atom is -0.319 e. The zero-order chi connectivity index (χ0) is 19.6. The number of ketones is 1. The Morgan fingerprint density at radius 1 is 0.889 bits per heavy atom. The van der Waals surface area contributed by atoms with Crippen molar-refractivity contribution in [2.24, 2.45) is 0 Å². The van der Waals surface area contributed by atoms with Crippen molar-refractivity contribution in [3.63, 3.8) is 0 Å². The molecule has 0 bridgehead atoms. The van der Waals surface area contributed by atoms with E-state index in [1.807, 2.05) is 0 Å². The van der Waals surface area contributed by atoms with Crippen LogP contribution in [-0.2, 0) is 0 Å². The van der Waals surface area contributed by atoms with Gasteiger partial charge in [-0.1, -0.05) is 36.4 Å². The van der Waals surface area contributed by atoms with Crippen molar-refractivity contribution in [2.45, 2.75) is 6.18 Å². The summed E-state index contributed by atoms with van der Waals surface area (Å²) in [6.45, 7) is 0. The van der Waals surface area contributed by atoms with E-state index in [0.717, 1.165) is 17.4 Å². The van der Waals surface area contributed by atoms with Crippen molar-refractivity contribution in [1.82, 2.24) is 0 Å². The summed E-state index contributed by atoms with van der Waals surface area (Å²) in [6, 6.07) is 13.8. The molecule has 0 aliphatic rings. The van der Waals surface area contributed by atoms with Gasteiger partial charge in [0.2, 0.25) is 0 Å². The Kier molecular flexibility index (Phi) is 5.09. The summed E-state index contributed by atoms with van der Waals surface area (Å²) >= 11 is 0.907. The number of anilines is 1. The Bertz CT molecular complexity index is 1010. The molecule has 3 aromatic rings. The zero-order valence-corrected chi connectivity index (χ0v) is 14.3. The molecule has 8 heteroatoms. The number of carbonyl (C=O) groups is 2. The van der Waals surface area contributed by atoms with Gasteiger partial charge in [0.15, 0.2) is 0 Å². The summed E-state index contributed by atoms with van der Waals surface area (Å²) in [5.41, 5.74) is -0.423. The maximum Gasteiger partial charge on any atom is 0.454 e. The maximum atomic E-state index is 13.6. The molecular formula is C19H11F4NO2S. The van der Waals surface area contributed by atoms with Crippen LogP contribution in [-0.4, -0.2) is 17.9 Å². The van der Waals surface area contributed by atoms with Gasteiger partial charge in [-0.15, -0.1) is 11.3 Å². The lowest BCUT2D eigenvalue weighted by molar-refractivity contribution is -0.0884. The van der Waals surface area contributed by atoms with E-state index in [1.165, 1.54) is 48.5 Å². The molecule has 0 aliphatic heterocycles. The van der Waals surface area contributed by atoms with E-state index in [1.54, 1.807) is 6.07 Å². The fourth-order valence-corrected chi connectivity index (χ4v) is 3.34. The quantitative estimate of drug-likeness (QED) is 0.467. The smallest absolute Gasteiger partial charge is 0.319 e. The van der Waals surface area contributed by atoms with E-state index in [2.05, 4.69) is 5.32 Å². The SMILES string of the molecule is O=C(Nc1ccccc1F)c1ccc(-c2ccccc2C(=O)C(F)(F)F)s1. The average Bonchev–Trinajstić information content (AvgIpc) is 3.12. The summed E-state index contributed by atoms with van der Waals surface area (Å²) in [7, 11) is 0. The Labute approximate surface area is 155 Å². The highest BCUT2D eigenvalue weighted by Gasteiger charge is 2.40. The van der Waals surface area contributed by atoms with Crippen LogP contribution in [0.1, 0.15) is 20.0 Å². The Morgan fingerprint density at radius 2 is 1.56 bits per heavy atom. The Hall–Kier alpha value is -3.00. The minimum absolute atomic E-state index is 0.00917. The number of Topliss-reactive ketones (excluding diaryl/α,β-unsaturated/α-hetero) is 1. The van der Waals surface area contributed by atoms with Crippen LogP contribution in [0.15, 0.2) is 60.7 Å². The van der Waals surface area contributed by atoms with E-state index in [4.69, 9.17) is 0 Å². The second-order valence-corrected chi connectivity index (χ2v) is 6.55. The number of amides is 1. The normalized spacial score (nSPS) is 11.3. The number of rotatable bonds is 4. The van der Waals surface area contributed by atoms with Gasteiger partial charge in [-0.2, -0.15) is 13.2 Å². The molecule has 1 heterocycles. The number of nitrogens with one attached hydrogen (secondary N) is 1. The lowest BCUT2D eigenvalue weighted by Gasteiger charge is -2.09. The summed E-state index contributed by atoms with van der Waals surface area (Å²) in [5, 5.41) is 2.40. The zero-order valence-electron chi connectivity index (χ0n) is 13.5. The van der Waals surface area contributed by atoms with Crippen LogP contribution in [0.2, 0.25) is 0 Å². The number of alkyl halides is 3. The third-order valence-corrected chi connectivity index (χ3v) is 4.76. The van der Waals surface area contributed by atoms with Gasteiger partial charge in [-0.3, -0.25) is 9.59 Å². The fraction of sp³-hybridized carbons (Fsp3) is 0.0526. The number of para-hydroxylation sites is 1. The van der Waals surface area contributed by atoms with Crippen molar-refractivity contribution in [3.8, 4) is 10.4 Å². The summed E-state index contributed by atoms with van der Waals surface area (Å²) in [6.07, 6.45) is -5.00. The van der Waals surface area contributed by atoms with Gasteiger partial charge in [0.25, 0.3) is 11.7 Å². The second kappa shape index (κ2) is 7.32. The number of thiophene rings is 1. The van der Waals surface area contributed by atoms with Gasteiger partial charge in [-0.25, -0.2) is 4.39 Å². The largest absolute Gasteiger partial charge is 0.454 e. The molecular weight excluding hydrogens is 382 g/mol. The Balaban J connectivity index is 1.90. The van der Waals surface area contributed by atoms with Crippen LogP contribution in [0.3, 0.4) is 0 Å². The molecule has 2 aromatic carbocycles. The van der Waals surface area contributed by atoms with Gasteiger partial charge in [-0.05, 0) is 24.3 Å². The lowest BCUT2D eigenvalue weighted by atomic mass is 10.0. The van der Waals surface area contributed by atoms with Crippen molar-refractivity contribution < 1.29 is 27.2 Å². The number of benzene rings is 2. The van der Waals surface area contributed by atoms with E-state index >= 15 is 0 Å². The standard InChI is InChI=1S/C19H11F4NO2S/c20-13-7-3-4-8-14(13)24-18(26)16-10-9-15(27-16)11-5-1-2-6-12(11)17(25)19(21,22)23/h1-10H,(H,24,26). The summed E-state index contributed by atoms with van der Waals surface area (Å²) in [5.74, 6) is -3.16. The number of carbonyl (C=O) groups excluding carboxylic acids is 2. The topological polar surface area (TPSA) is 46.2 Å². The number of halogens is 4. The van der Waals surface area contributed by atoms with Crippen LogP contribution in [0.4, 0.5) is 23.2 Å². The molecule has 0 atom stereocenters. The monoisotopic (exact) mass is 393 g/mol. The predicted molar refractivity (Wildman–Crippen MR) is 94.5 cm³/mol. The van der Waals surface area contributed by atoms with E-state index in [9.17, 15) is 27.2 Å². The fourth-order valence-electron chi connectivity index (χ4n) is 2.40. The molecule has 0 saturated heterocycles. The van der Waals surface area contributed by atoms with Crippen molar-refractivity contribution >= 4 is 28.7 Å². The molecule has 27 heavy (non-hydrogen) atoms. The van der Waals surface area contributed by atoms with Crippen molar-refractivity contribution in [3.05, 3.63) is 76.9 Å². The molecule has 0 radical (unpaired) electrons. The molecule has 0 spiro atoms. The van der Waals surface area contributed by atoms with Crippen LogP contribution in [0.5, 0.6) is 0 Å². The first-order valence-corrected chi connectivity index (χ1v) is 8.45. The van der Waals surface area contributed by atoms with Crippen LogP contribution >= 0.6 is 11.3 Å². The van der Waals surface area contributed by atoms with Crippen LogP contribution in [0, 0.1) is 5.82 Å². The lowest BCUT2D eigenvalue weighted by Crippen LogP contribution is -2.23. The van der Waals surface area contributed by atoms with Crippen molar-refractivity contribution in [2.75, 3.05) is 5.32 Å². The number of hydrogen-bond donors (Lipinski definition) is 1. The first-order chi connectivity index (χ1) is 12.8. The van der Waals surface area contributed by atoms with E-state index in [0.29, 0.717) is 4.88 Å². The molecule has 3 rings (SSSR count). The number of hydrogen-bond acceptors (Lipinski definition) is 3. The first-order valence-electron chi connectivity index (χ1n) is 7.64. The molecule has 0 saturated carbocycles. The highest BCUT2D eigenvalue weighted by molar-refractivity contribution is 7.17. The van der Waals surface area contributed by atoms with Crippen molar-refractivity contribution in [1.29, 1.82) is 0 Å². The summed E-state index contributed by atoms with van der Waals surface area (Å²) in [4.78, 5) is 24.4. The van der Waals surface area contributed by atoms with Crippen LogP contribution in [0.25, 0.3) is 10.4 Å². The highest BCUT2D eigenvalue weighted by atomic mass is 32.1. The third-order valence-electron chi connectivity index (χ3n) is 3.65. The first kappa shape index (κ1) is 18.8. The van der Waals surface area contributed by atoms with E-state index < -0.39 is 29.2 Å². The molecule has 138 valence electrons. The Morgan fingerprint density at radius 3 is 2.26 bits per heavy atom. The van der Waals surface area contributed by atoms with Gasteiger partial charge < -0.3 is 5.32 Å². The molecule has 1 aromatic heterocycles. The molecule has 1 N–H and O–H groups in total. The molecule has 0 fully saturated rings.